The molecule has 0 radical (unpaired) electrons. The molecule has 12 nitrogen and oxygen atoms in total. The van der Waals surface area contributed by atoms with Crippen LogP contribution < -0.4 is 25.2 Å². The predicted octanol–water partition coefficient (Wildman–Crippen LogP) is 2.71. The van der Waals surface area contributed by atoms with Gasteiger partial charge in [-0.05, 0) is 39.3 Å². The van der Waals surface area contributed by atoms with Crippen molar-refractivity contribution in [2.75, 3.05) is 41.4 Å². The number of carbonyl (C=O) groups excluding carboxylic acids is 2. The molecule has 39 heavy (non-hydrogen) atoms. The number of ether oxygens (including phenoxy) is 3. The lowest BCUT2D eigenvalue weighted by Gasteiger charge is -2.35. The number of amides is 3. The molecule has 5 rings (SSSR count). The third-order valence-electron chi connectivity index (χ3n) is 6.59. The summed E-state index contributed by atoms with van der Waals surface area (Å²) in [6.07, 6.45) is -1.37. The van der Waals surface area contributed by atoms with Crippen LogP contribution in [0.15, 0.2) is 24.5 Å². The van der Waals surface area contributed by atoms with Crippen molar-refractivity contribution in [1.82, 2.24) is 20.3 Å². The first-order valence-electron chi connectivity index (χ1n) is 12.4. The van der Waals surface area contributed by atoms with E-state index in [1.165, 1.54) is 23.4 Å². The van der Waals surface area contributed by atoms with E-state index < -0.39 is 29.9 Å². The number of aromatic nitrogens is 3. The Balaban J connectivity index is 1.27. The van der Waals surface area contributed by atoms with Gasteiger partial charge in [0.05, 0.1) is 30.7 Å². The van der Waals surface area contributed by atoms with Gasteiger partial charge in [0, 0.05) is 13.1 Å². The van der Waals surface area contributed by atoms with E-state index in [1.807, 2.05) is 24.1 Å². The number of anilines is 3. The maximum atomic E-state index is 13.3. The SMILES string of the molecule is C[C@@H](NC(=O)c1ccc2c(n1)N(C(=O)Nc1ncc(OC[C@H]3COC(C)(C)O3)cn1)[C@H]1CCN2C1)C(F)(F)F. The second-order valence-corrected chi connectivity index (χ2v) is 9.97. The Morgan fingerprint density at radius 2 is 2.00 bits per heavy atom. The van der Waals surface area contributed by atoms with Crippen LogP contribution in [0.2, 0.25) is 0 Å². The Hall–Kier alpha value is -3.72. The van der Waals surface area contributed by atoms with E-state index in [-0.39, 0.29) is 36.2 Å². The largest absolute Gasteiger partial charge is 0.488 e. The van der Waals surface area contributed by atoms with E-state index >= 15 is 0 Å². The number of halogens is 3. The smallest absolute Gasteiger partial charge is 0.408 e. The van der Waals surface area contributed by atoms with Crippen molar-refractivity contribution in [1.29, 1.82) is 0 Å². The van der Waals surface area contributed by atoms with Crippen molar-refractivity contribution in [3.63, 3.8) is 0 Å². The lowest BCUT2D eigenvalue weighted by Crippen LogP contribution is -2.49. The maximum Gasteiger partial charge on any atom is 0.408 e. The lowest BCUT2D eigenvalue weighted by molar-refractivity contribution is -0.149. The van der Waals surface area contributed by atoms with Crippen LogP contribution >= 0.6 is 0 Å². The van der Waals surface area contributed by atoms with E-state index in [0.29, 0.717) is 37.6 Å². The number of rotatable bonds is 6. The summed E-state index contributed by atoms with van der Waals surface area (Å²) < 4.78 is 55.6. The second kappa shape index (κ2) is 10.1. The zero-order chi connectivity index (χ0) is 27.9. The molecule has 2 fully saturated rings. The van der Waals surface area contributed by atoms with Crippen LogP contribution in [0.3, 0.4) is 0 Å². The molecular weight excluding hydrogens is 523 g/mol. The lowest BCUT2D eigenvalue weighted by atomic mass is 10.1. The van der Waals surface area contributed by atoms with Crippen molar-refractivity contribution in [2.24, 2.45) is 0 Å². The molecular formula is C24H28F3N7O5. The first-order chi connectivity index (χ1) is 18.4. The van der Waals surface area contributed by atoms with Crippen molar-refractivity contribution in [3.8, 4) is 5.75 Å². The summed E-state index contributed by atoms with van der Waals surface area (Å²) in [6, 6.07) is 0.0384. The van der Waals surface area contributed by atoms with Crippen molar-refractivity contribution >= 4 is 29.4 Å². The summed E-state index contributed by atoms with van der Waals surface area (Å²) in [7, 11) is 0. The van der Waals surface area contributed by atoms with Crippen molar-refractivity contribution in [2.45, 2.75) is 57.3 Å². The van der Waals surface area contributed by atoms with Crippen LogP contribution in [0.1, 0.15) is 37.7 Å². The molecule has 2 bridgehead atoms. The average Bonchev–Trinajstić information content (AvgIpc) is 3.45. The van der Waals surface area contributed by atoms with Gasteiger partial charge in [-0.2, -0.15) is 13.2 Å². The van der Waals surface area contributed by atoms with E-state index in [1.54, 1.807) is 6.07 Å². The van der Waals surface area contributed by atoms with Gasteiger partial charge >= 0.3 is 12.2 Å². The number of fused-ring (bicyclic) bond motifs is 4. The van der Waals surface area contributed by atoms with Gasteiger partial charge in [-0.15, -0.1) is 0 Å². The molecule has 15 heteroatoms. The highest BCUT2D eigenvalue weighted by Gasteiger charge is 2.41. The summed E-state index contributed by atoms with van der Waals surface area (Å²) in [5.74, 6) is -1.09. The number of alkyl halides is 3. The van der Waals surface area contributed by atoms with Gasteiger partial charge in [0.1, 0.15) is 24.4 Å². The van der Waals surface area contributed by atoms with Gasteiger partial charge in [0.2, 0.25) is 5.95 Å². The van der Waals surface area contributed by atoms with E-state index in [0.717, 1.165) is 6.92 Å². The molecule has 210 valence electrons. The van der Waals surface area contributed by atoms with Crippen molar-refractivity contribution < 1.29 is 37.0 Å². The van der Waals surface area contributed by atoms with Crippen LogP contribution in [0.4, 0.5) is 35.4 Å². The van der Waals surface area contributed by atoms with Crippen molar-refractivity contribution in [3.05, 3.63) is 30.2 Å². The minimum absolute atomic E-state index is 0.0174. The molecule has 5 heterocycles. The fourth-order valence-electron chi connectivity index (χ4n) is 4.60. The molecule has 0 saturated carbocycles. The highest BCUT2D eigenvalue weighted by Crippen LogP contribution is 2.39. The quantitative estimate of drug-likeness (QED) is 0.556. The number of hydrogen-bond acceptors (Lipinski definition) is 9. The Labute approximate surface area is 221 Å². The molecule has 0 aromatic carbocycles. The number of hydrogen-bond donors (Lipinski definition) is 2. The fourth-order valence-corrected chi connectivity index (χ4v) is 4.60. The zero-order valence-corrected chi connectivity index (χ0v) is 21.5. The molecule has 3 aliphatic heterocycles. The normalized spacial score (nSPS) is 22.3. The summed E-state index contributed by atoms with van der Waals surface area (Å²) in [6.45, 7) is 6.33. The molecule has 2 aromatic rings. The standard InChI is InChI=1S/C24H28F3N7O5/c1-13(24(25,26)27)30-20(35)17-4-5-18-19(31-17)34(14-6-7-33(18)10-14)22(36)32-21-28-8-15(9-29-21)37-11-16-12-38-23(2,3)39-16/h4-5,8-9,13-14,16H,6-7,10-12H2,1-3H3,(H,30,35)(H,28,29,32,36)/t13-,14+,16+/m1/s1. The van der Waals surface area contributed by atoms with Crippen LogP contribution in [-0.2, 0) is 9.47 Å². The molecule has 3 atom stereocenters. The second-order valence-electron chi connectivity index (χ2n) is 9.97. The molecule has 2 saturated heterocycles. The van der Waals surface area contributed by atoms with Crippen LogP contribution in [0.25, 0.3) is 0 Å². The number of nitrogens with one attached hydrogen (secondary N) is 2. The Kier molecular flexibility index (Phi) is 6.97. The fraction of sp³-hybridized carbons (Fsp3) is 0.542. The van der Waals surface area contributed by atoms with E-state index in [9.17, 15) is 22.8 Å². The molecule has 3 amide bonds. The topological polar surface area (TPSA) is 131 Å². The first-order valence-corrected chi connectivity index (χ1v) is 12.4. The summed E-state index contributed by atoms with van der Waals surface area (Å²) in [5, 5.41) is 4.52. The highest BCUT2D eigenvalue weighted by molar-refractivity contribution is 6.04. The van der Waals surface area contributed by atoms with Gasteiger partial charge < -0.3 is 24.4 Å². The Morgan fingerprint density at radius 3 is 2.67 bits per heavy atom. The number of urea groups is 1. The average molecular weight is 552 g/mol. The molecule has 0 aliphatic carbocycles. The monoisotopic (exact) mass is 551 g/mol. The summed E-state index contributed by atoms with van der Waals surface area (Å²) in [5.41, 5.74) is 0.369. The van der Waals surface area contributed by atoms with Crippen LogP contribution in [-0.4, -0.2) is 83.3 Å². The molecule has 0 unspecified atom stereocenters. The summed E-state index contributed by atoms with van der Waals surface area (Å²) >= 11 is 0. The number of nitrogens with zero attached hydrogens (tertiary/aromatic N) is 5. The van der Waals surface area contributed by atoms with E-state index in [4.69, 9.17) is 14.2 Å². The van der Waals surface area contributed by atoms with Gasteiger partial charge in [-0.25, -0.2) is 19.7 Å². The van der Waals surface area contributed by atoms with Gasteiger partial charge in [0.15, 0.2) is 17.4 Å². The number of pyridine rings is 1. The van der Waals surface area contributed by atoms with E-state index in [2.05, 4.69) is 20.3 Å². The van der Waals surface area contributed by atoms with Gasteiger partial charge in [-0.3, -0.25) is 15.0 Å². The Bertz CT molecular complexity index is 1240. The highest BCUT2D eigenvalue weighted by atomic mass is 19.4. The zero-order valence-electron chi connectivity index (χ0n) is 21.5. The third-order valence-corrected chi connectivity index (χ3v) is 6.59. The molecule has 2 N–H and O–H groups in total. The van der Waals surface area contributed by atoms with Gasteiger partial charge in [-0.1, -0.05) is 0 Å². The van der Waals surface area contributed by atoms with Gasteiger partial charge in [0.25, 0.3) is 5.91 Å². The first kappa shape index (κ1) is 26.9. The molecule has 3 aliphatic rings. The summed E-state index contributed by atoms with van der Waals surface area (Å²) in [4.78, 5) is 41.8. The van der Waals surface area contributed by atoms with Crippen LogP contribution in [0.5, 0.6) is 5.75 Å². The molecule has 2 aromatic heterocycles. The molecule has 0 spiro atoms. The third kappa shape index (κ3) is 5.83. The minimum Gasteiger partial charge on any atom is -0.488 e. The Morgan fingerprint density at radius 1 is 1.26 bits per heavy atom. The minimum atomic E-state index is -4.60. The van der Waals surface area contributed by atoms with Crippen LogP contribution in [0, 0.1) is 0 Å². The predicted molar refractivity (Wildman–Crippen MR) is 132 cm³/mol. The number of carbonyl (C=O) groups is 2. The maximum absolute atomic E-state index is 13.3.